The molecule has 4 nitrogen and oxygen atoms in total. The molecule has 0 aliphatic rings. The average Bonchev–Trinajstić information content (AvgIpc) is 2.79. The Morgan fingerprint density at radius 3 is 2.93 bits per heavy atom. The summed E-state index contributed by atoms with van der Waals surface area (Å²) in [6.45, 7) is 0. The smallest absolute Gasteiger partial charge is 0.122 e. The standard InChI is InChI=1S/C11H13N3O/c1-15-10-4-5-12-9(8-10)2-3-11-13-6-7-14-11/h4-8H,2-3H2,1H3,(H,13,14). The summed E-state index contributed by atoms with van der Waals surface area (Å²) in [5.41, 5.74) is 1.02. The zero-order chi connectivity index (χ0) is 10.5. The van der Waals surface area contributed by atoms with Crippen molar-refractivity contribution in [1.82, 2.24) is 15.0 Å². The van der Waals surface area contributed by atoms with Gasteiger partial charge >= 0.3 is 0 Å². The number of methoxy groups -OCH3 is 1. The van der Waals surface area contributed by atoms with E-state index in [1.807, 2.05) is 18.3 Å². The maximum Gasteiger partial charge on any atom is 0.122 e. The minimum atomic E-state index is 0.847. The molecule has 0 bridgehead atoms. The zero-order valence-corrected chi connectivity index (χ0v) is 8.60. The number of hydrogen-bond acceptors (Lipinski definition) is 3. The van der Waals surface area contributed by atoms with Crippen molar-refractivity contribution in [2.75, 3.05) is 7.11 Å². The van der Waals surface area contributed by atoms with Crippen LogP contribution in [-0.2, 0) is 12.8 Å². The van der Waals surface area contributed by atoms with Gasteiger partial charge in [-0.05, 0) is 12.5 Å². The molecule has 0 fully saturated rings. The number of rotatable bonds is 4. The monoisotopic (exact) mass is 203 g/mol. The molecule has 0 aliphatic heterocycles. The van der Waals surface area contributed by atoms with Crippen LogP contribution in [0.25, 0.3) is 0 Å². The van der Waals surface area contributed by atoms with Gasteiger partial charge in [0.15, 0.2) is 0 Å². The van der Waals surface area contributed by atoms with Crippen molar-refractivity contribution in [1.29, 1.82) is 0 Å². The lowest BCUT2D eigenvalue weighted by Crippen LogP contribution is -1.96. The van der Waals surface area contributed by atoms with Gasteiger partial charge in [0, 0.05) is 36.8 Å². The Morgan fingerprint density at radius 2 is 2.20 bits per heavy atom. The van der Waals surface area contributed by atoms with Crippen molar-refractivity contribution < 1.29 is 4.74 Å². The molecule has 0 unspecified atom stereocenters. The van der Waals surface area contributed by atoms with E-state index in [2.05, 4.69) is 15.0 Å². The number of nitrogens with one attached hydrogen (secondary N) is 1. The number of ether oxygens (including phenoxy) is 1. The lowest BCUT2D eigenvalue weighted by Gasteiger charge is -2.02. The highest BCUT2D eigenvalue weighted by atomic mass is 16.5. The summed E-state index contributed by atoms with van der Waals surface area (Å²) in [5.74, 6) is 1.83. The van der Waals surface area contributed by atoms with E-state index in [0.717, 1.165) is 30.1 Å². The average molecular weight is 203 g/mol. The fourth-order valence-corrected chi connectivity index (χ4v) is 1.40. The molecule has 0 saturated carbocycles. The Balaban J connectivity index is 1.98. The summed E-state index contributed by atoms with van der Waals surface area (Å²) in [6, 6.07) is 3.79. The molecule has 1 N–H and O–H groups in total. The van der Waals surface area contributed by atoms with E-state index >= 15 is 0 Å². The highest BCUT2D eigenvalue weighted by molar-refractivity contribution is 5.22. The Kier molecular flexibility index (Phi) is 2.97. The van der Waals surface area contributed by atoms with Crippen LogP contribution in [0.2, 0.25) is 0 Å². The lowest BCUT2D eigenvalue weighted by atomic mass is 10.2. The molecule has 0 aliphatic carbocycles. The minimum absolute atomic E-state index is 0.847. The SMILES string of the molecule is COc1ccnc(CCc2ncc[nH]2)c1. The molecule has 0 radical (unpaired) electrons. The van der Waals surface area contributed by atoms with Gasteiger partial charge in [-0.15, -0.1) is 0 Å². The second kappa shape index (κ2) is 4.59. The fraction of sp³-hybridized carbons (Fsp3) is 0.273. The molecule has 2 heterocycles. The number of aryl methyl sites for hydroxylation is 2. The van der Waals surface area contributed by atoms with Crippen LogP contribution in [-0.4, -0.2) is 22.1 Å². The van der Waals surface area contributed by atoms with Gasteiger partial charge in [-0.3, -0.25) is 4.98 Å². The summed E-state index contributed by atoms with van der Waals surface area (Å²) in [7, 11) is 1.66. The summed E-state index contributed by atoms with van der Waals surface area (Å²) in [4.78, 5) is 11.5. The summed E-state index contributed by atoms with van der Waals surface area (Å²) < 4.78 is 5.13. The van der Waals surface area contributed by atoms with Gasteiger partial charge in [-0.25, -0.2) is 4.98 Å². The van der Waals surface area contributed by atoms with Crippen LogP contribution in [0.4, 0.5) is 0 Å². The third kappa shape index (κ3) is 2.56. The van der Waals surface area contributed by atoms with E-state index in [1.54, 1.807) is 19.5 Å². The van der Waals surface area contributed by atoms with Gasteiger partial charge < -0.3 is 9.72 Å². The minimum Gasteiger partial charge on any atom is -0.497 e. The van der Waals surface area contributed by atoms with E-state index in [-0.39, 0.29) is 0 Å². The molecule has 78 valence electrons. The third-order valence-corrected chi connectivity index (χ3v) is 2.20. The molecule has 2 aromatic heterocycles. The van der Waals surface area contributed by atoms with Crippen molar-refractivity contribution in [3.63, 3.8) is 0 Å². The number of aromatic nitrogens is 3. The Bertz CT molecular complexity index is 412. The Hall–Kier alpha value is -1.84. The first-order chi connectivity index (χ1) is 7.38. The third-order valence-electron chi connectivity index (χ3n) is 2.20. The predicted octanol–water partition coefficient (Wildman–Crippen LogP) is 1.60. The van der Waals surface area contributed by atoms with Gasteiger partial charge in [0.05, 0.1) is 7.11 Å². The number of hydrogen-bond donors (Lipinski definition) is 1. The molecule has 0 spiro atoms. The number of pyridine rings is 1. The van der Waals surface area contributed by atoms with Crippen LogP contribution in [0, 0.1) is 0 Å². The first kappa shape index (κ1) is 9.71. The van der Waals surface area contributed by atoms with Crippen LogP contribution >= 0.6 is 0 Å². The van der Waals surface area contributed by atoms with Gasteiger partial charge in [-0.1, -0.05) is 0 Å². The maximum atomic E-state index is 5.13. The van der Waals surface area contributed by atoms with Crippen LogP contribution in [0.5, 0.6) is 5.75 Å². The summed E-state index contributed by atoms with van der Waals surface area (Å²) in [5, 5.41) is 0. The van der Waals surface area contributed by atoms with Gasteiger partial charge in [0.1, 0.15) is 11.6 Å². The fourth-order valence-electron chi connectivity index (χ4n) is 1.40. The molecule has 4 heteroatoms. The van der Waals surface area contributed by atoms with Crippen molar-refractivity contribution in [2.45, 2.75) is 12.8 Å². The largest absolute Gasteiger partial charge is 0.497 e. The van der Waals surface area contributed by atoms with Crippen LogP contribution < -0.4 is 4.74 Å². The summed E-state index contributed by atoms with van der Waals surface area (Å²) in [6.07, 6.45) is 7.08. The van der Waals surface area contributed by atoms with E-state index in [4.69, 9.17) is 4.74 Å². The number of H-pyrrole nitrogens is 1. The van der Waals surface area contributed by atoms with Crippen LogP contribution in [0.1, 0.15) is 11.5 Å². The molecular formula is C11H13N3O. The molecule has 0 atom stereocenters. The van der Waals surface area contributed by atoms with E-state index in [1.165, 1.54) is 0 Å². The van der Waals surface area contributed by atoms with E-state index < -0.39 is 0 Å². The predicted molar refractivity (Wildman–Crippen MR) is 56.8 cm³/mol. The molecule has 0 amide bonds. The lowest BCUT2D eigenvalue weighted by molar-refractivity contribution is 0.413. The van der Waals surface area contributed by atoms with Gasteiger partial charge in [0.25, 0.3) is 0 Å². The van der Waals surface area contributed by atoms with Crippen LogP contribution in [0.15, 0.2) is 30.7 Å². The molecule has 2 rings (SSSR count). The van der Waals surface area contributed by atoms with Crippen LogP contribution in [0.3, 0.4) is 0 Å². The highest BCUT2D eigenvalue weighted by Gasteiger charge is 1.99. The first-order valence-electron chi connectivity index (χ1n) is 4.85. The highest BCUT2D eigenvalue weighted by Crippen LogP contribution is 2.11. The topological polar surface area (TPSA) is 50.8 Å². The zero-order valence-electron chi connectivity index (χ0n) is 8.60. The number of nitrogens with zero attached hydrogens (tertiary/aromatic N) is 2. The quantitative estimate of drug-likeness (QED) is 0.821. The molecular weight excluding hydrogens is 190 g/mol. The van der Waals surface area contributed by atoms with Crippen molar-refractivity contribution in [3.05, 3.63) is 42.2 Å². The second-order valence-electron chi connectivity index (χ2n) is 3.22. The molecule has 0 aromatic carbocycles. The maximum absolute atomic E-state index is 5.13. The van der Waals surface area contributed by atoms with Gasteiger partial charge in [0.2, 0.25) is 0 Å². The molecule has 2 aromatic rings. The molecule has 15 heavy (non-hydrogen) atoms. The summed E-state index contributed by atoms with van der Waals surface area (Å²) >= 11 is 0. The first-order valence-corrected chi connectivity index (χ1v) is 4.85. The van der Waals surface area contributed by atoms with Crippen molar-refractivity contribution in [2.24, 2.45) is 0 Å². The Morgan fingerprint density at radius 1 is 1.27 bits per heavy atom. The number of imidazole rings is 1. The van der Waals surface area contributed by atoms with E-state index in [9.17, 15) is 0 Å². The second-order valence-corrected chi connectivity index (χ2v) is 3.22. The van der Waals surface area contributed by atoms with E-state index in [0.29, 0.717) is 0 Å². The number of aromatic amines is 1. The van der Waals surface area contributed by atoms with Crippen molar-refractivity contribution in [3.8, 4) is 5.75 Å². The van der Waals surface area contributed by atoms with Crippen molar-refractivity contribution >= 4 is 0 Å². The normalized spacial score (nSPS) is 10.2. The Labute approximate surface area is 88.3 Å². The van der Waals surface area contributed by atoms with Gasteiger partial charge in [-0.2, -0.15) is 0 Å². The molecule has 0 saturated heterocycles.